The number of halogens is 3. The van der Waals surface area contributed by atoms with E-state index >= 15 is 0 Å². The van der Waals surface area contributed by atoms with Gasteiger partial charge < -0.3 is 5.32 Å². The summed E-state index contributed by atoms with van der Waals surface area (Å²) in [5, 5.41) is 3.10. The molecule has 21 heavy (non-hydrogen) atoms. The number of nitrogens with one attached hydrogen (secondary N) is 1. The SMILES string of the molecule is CCNC(c1ccncc1C)c1cnccc1C(F)(F)F. The number of pyridine rings is 2. The van der Waals surface area contributed by atoms with E-state index in [9.17, 15) is 13.2 Å². The lowest BCUT2D eigenvalue weighted by Gasteiger charge is -2.23. The minimum absolute atomic E-state index is 0.126. The Hall–Kier alpha value is -1.95. The molecule has 0 spiro atoms. The van der Waals surface area contributed by atoms with Gasteiger partial charge in [0.25, 0.3) is 0 Å². The van der Waals surface area contributed by atoms with Crippen molar-refractivity contribution < 1.29 is 13.2 Å². The zero-order chi connectivity index (χ0) is 15.5. The molecule has 0 radical (unpaired) electrons. The van der Waals surface area contributed by atoms with Crippen LogP contribution in [0, 0.1) is 6.92 Å². The lowest BCUT2D eigenvalue weighted by Crippen LogP contribution is -2.26. The third-order valence-corrected chi connectivity index (χ3v) is 3.25. The minimum atomic E-state index is -4.41. The van der Waals surface area contributed by atoms with E-state index in [1.165, 1.54) is 6.20 Å². The fourth-order valence-corrected chi connectivity index (χ4v) is 2.29. The first-order valence-electron chi connectivity index (χ1n) is 6.60. The van der Waals surface area contributed by atoms with Gasteiger partial charge in [-0.2, -0.15) is 13.2 Å². The summed E-state index contributed by atoms with van der Waals surface area (Å²) in [7, 11) is 0. The van der Waals surface area contributed by atoms with Crippen molar-refractivity contribution in [1.29, 1.82) is 0 Å². The average molecular weight is 295 g/mol. The summed E-state index contributed by atoms with van der Waals surface area (Å²) < 4.78 is 39.6. The first kappa shape index (κ1) is 15.4. The third kappa shape index (κ3) is 3.39. The molecule has 1 unspecified atom stereocenters. The van der Waals surface area contributed by atoms with Gasteiger partial charge in [-0.05, 0) is 36.7 Å². The molecule has 0 fully saturated rings. The standard InChI is InChI=1S/C15H16F3N3/c1-3-21-14(11-4-6-19-8-10(11)2)12-9-20-7-5-13(12)15(16,17)18/h4-9,14,21H,3H2,1-2H3. The Morgan fingerprint density at radius 2 is 1.76 bits per heavy atom. The summed E-state index contributed by atoms with van der Waals surface area (Å²) in [5.41, 5.74) is 1.06. The van der Waals surface area contributed by atoms with Crippen LogP contribution in [0.1, 0.15) is 35.2 Å². The summed E-state index contributed by atoms with van der Waals surface area (Å²) >= 11 is 0. The highest BCUT2D eigenvalue weighted by Gasteiger charge is 2.35. The molecule has 1 N–H and O–H groups in total. The molecule has 2 rings (SSSR count). The summed E-state index contributed by atoms with van der Waals surface area (Å²) in [6, 6.07) is 2.18. The van der Waals surface area contributed by atoms with Gasteiger partial charge in [-0.25, -0.2) is 0 Å². The van der Waals surface area contributed by atoms with Crippen LogP contribution in [0.3, 0.4) is 0 Å². The second-order valence-electron chi connectivity index (χ2n) is 4.68. The van der Waals surface area contributed by atoms with Gasteiger partial charge in [0, 0.05) is 30.4 Å². The van der Waals surface area contributed by atoms with Crippen molar-refractivity contribution in [2.24, 2.45) is 0 Å². The maximum Gasteiger partial charge on any atom is 0.416 e. The van der Waals surface area contributed by atoms with Crippen molar-refractivity contribution in [3.63, 3.8) is 0 Å². The van der Waals surface area contributed by atoms with Crippen LogP contribution in [0.25, 0.3) is 0 Å². The number of aryl methyl sites for hydroxylation is 1. The summed E-state index contributed by atoms with van der Waals surface area (Å²) in [6.45, 7) is 4.22. The zero-order valence-electron chi connectivity index (χ0n) is 11.8. The van der Waals surface area contributed by atoms with Crippen LogP contribution in [-0.4, -0.2) is 16.5 Å². The van der Waals surface area contributed by atoms with Crippen LogP contribution in [0.15, 0.2) is 36.9 Å². The summed E-state index contributed by atoms with van der Waals surface area (Å²) in [6.07, 6.45) is 1.25. The maximum absolute atomic E-state index is 13.2. The molecule has 0 saturated heterocycles. The van der Waals surface area contributed by atoms with E-state index in [-0.39, 0.29) is 5.56 Å². The van der Waals surface area contributed by atoms with Crippen molar-refractivity contribution in [2.75, 3.05) is 6.54 Å². The molecule has 0 aliphatic heterocycles. The van der Waals surface area contributed by atoms with E-state index in [1.807, 2.05) is 13.8 Å². The minimum Gasteiger partial charge on any atom is -0.306 e. The molecular formula is C15H16F3N3. The van der Waals surface area contributed by atoms with E-state index in [0.29, 0.717) is 6.54 Å². The smallest absolute Gasteiger partial charge is 0.306 e. The van der Waals surface area contributed by atoms with Gasteiger partial charge in [0.1, 0.15) is 0 Å². The number of rotatable bonds is 4. The Balaban J connectivity index is 2.57. The molecular weight excluding hydrogens is 279 g/mol. The van der Waals surface area contributed by atoms with Crippen molar-refractivity contribution in [2.45, 2.75) is 26.1 Å². The molecule has 0 aliphatic carbocycles. The van der Waals surface area contributed by atoms with E-state index in [4.69, 9.17) is 0 Å². The highest BCUT2D eigenvalue weighted by atomic mass is 19.4. The summed E-state index contributed by atoms with van der Waals surface area (Å²) in [4.78, 5) is 7.85. The Morgan fingerprint density at radius 3 is 2.38 bits per heavy atom. The molecule has 1 atom stereocenters. The van der Waals surface area contributed by atoms with Crippen LogP contribution < -0.4 is 5.32 Å². The van der Waals surface area contributed by atoms with Crippen LogP contribution in [0.2, 0.25) is 0 Å². The second-order valence-corrected chi connectivity index (χ2v) is 4.68. The second kappa shape index (κ2) is 6.22. The van der Waals surface area contributed by atoms with E-state index < -0.39 is 17.8 Å². The number of hydrogen-bond acceptors (Lipinski definition) is 3. The lowest BCUT2D eigenvalue weighted by atomic mass is 9.94. The topological polar surface area (TPSA) is 37.8 Å². The molecule has 3 nitrogen and oxygen atoms in total. The van der Waals surface area contributed by atoms with Crippen molar-refractivity contribution in [3.05, 3.63) is 59.2 Å². The lowest BCUT2D eigenvalue weighted by molar-refractivity contribution is -0.138. The molecule has 2 aromatic heterocycles. The molecule has 112 valence electrons. The summed E-state index contributed by atoms with van der Waals surface area (Å²) in [5.74, 6) is 0. The zero-order valence-corrected chi connectivity index (χ0v) is 11.8. The van der Waals surface area contributed by atoms with Crippen molar-refractivity contribution in [3.8, 4) is 0 Å². The fraction of sp³-hybridized carbons (Fsp3) is 0.333. The molecule has 0 amide bonds. The van der Waals surface area contributed by atoms with Gasteiger partial charge in [0.05, 0.1) is 11.6 Å². The van der Waals surface area contributed by atoms with E-state index in [2.05, 4.69) is 15.3 Å². The van der Waals surface area contributed by atoms with Crippen molar-refractivity contribution >= 4 is 0 Å². The van der Waals surface area contributed by atoms with E-state index in [0.717, 1.165) is 23.4 Å². The Kier molecular flexibility index (Phi) is 4.57. The number of nitrogens with zero attached hydrogens (tertiary/aromatic N) is 2. The van der Waals surface area contributed by atoms with Crippen LogP contribution in [0.5, 0.6) is 0 Å². The molecule has 6 heteroatoms. The molecule has 0 aliphatic rings. The normalized spacial score (nSPS) is 13.2. The molecule has 0 aromatic carbocycles. The molecule has 0 saturated carbocycles. The fourth-order valence-electron chi connectivity index (χ4n) is 2.29. The predicted molar refractivity (Wildman–Crippen MR) is 73.7 cm³/mol. The Labute approximate surface area is 121 Å². The van der Waals surface area contributed by atoms with Gasteiger partial charge in [0.2, 0.25) is 0 Å². The number of aromatic nitrogens is 2. The molecule has 2 aromatic rings. The van der Waals surface area contributed by atoms with Crippen LogP contribution in [-0.2, 0) is 6.18 Å². The molecule has 2 heterocycles. The predicted octanol–water partition coefficient (Wildman–Crippen LogP) is 3.50. The quantitative estimate of drug-likeness (QED) is 0.938. The third-order valence-electron chi connectivity index (χ3n) is 3.25. The number of hydrogen-bond donors (Lipinski definition) is 1. The van der Waals surface area contributed by atoms with Gasteiger partial charge >= 0.3 is 6.18 Å². The maximum atomic E-state index is 13.2. The first-order chi connectivity index (χ1) is 9.95. The van der Waals surface area contributed by atoms with Crippen molar-refractivity contribution in [1.82, 2.24) is 15.3 Å². The van der Waals surface area contributed by atoms with E-state index in [1.54, 1.807) is 18.5 Å². The molecule has 0 bridgehead atoms. The average Bonchev–Trinajstić information content (AvgIpc) is 2.45. The van der Waals surface area contributed by atoms with Crippen LogP contribution in [0.4, 0.5) is 13.2 Å². The van der Waals surface area contributed by atoms with Crippen LogP contribution >= 0.6 is 0 Å². The van der Waals surface area contributed by atoms with Gasteiger partial charge in [-0.3, -0.25) is 9.97 Å². The highest BCUT2D eigenvalue weighted by Crippen LogP contribution is 2.36. The first-order valence-corrected chi connectivity index (χ1v) is 6.60. The monoisotopic (exact) mass is 295 g/mol. The van der Waals surface area contributed by atoms with Gasteiger partial charge in [0.15, 0.2) is 0 Å². The Morgan fingerprint density at radius 1 is 1.10 bits per heavy atom. The Bertz CT molecular complexity index is 611. The van der Waals surface area contributed by atoms with Gasteiger partial charge in [-0.1, -0.05) is 6.92 Å². The highest BCUT2D eigenvalue weighted by molar-refractivity contribution is 5.39. The largest absolute Gasteiger partial charge is 0.416 e. The van der Waals surface area contributed by atoms with Gasteiger partial charge in [-0.15, -0.1) is 0 Å². The number of alkyl halides is 3.